The lowest BCUT2D eigenvalue weighted by Crippen LogP contribution is -2.15. The molecule has 0 radical (unpaired) electrons. The number of halogens is 2. The standard InChI is InChI=1S/C13H9ClFNO4S/c14-8-1-6-11(13(17)18)12(7-8)16-21(19,20)10-4-2-9(15)3-5-10/h1-7,16H,(H,17,18). The van der Waals surface area contributed by atoms with Gasteiger partial charge in [-0.1, -0.05) is 11.6 Å². The van der Waals surface area contributed by atoms with Crippen LogP contribution in [0.1, 0.15) is 10.4 Å². The van der Waals surface area contributed by atoms with E-state index in [9.17, 15) is 17.6 Å². The predicted molar refractivity (Wildman–Crippen MR) is 75.6 cm³/mol. The van der Waals surface area contributed by atoms with Crippen LogP contribution >= 0.6 is 11.6 Å². The number of nitrogens with one attached hydrogen (secondary N) is 1. The highest BCUT2D eigenvalue weighted by atomic mass is 35.5. The molecule has 0 atom stereocenters. The van der Waals surface area contributed by atoms with Crippen molar-refractivity contribution in [1.29, 1.82) is 0 Å². The maximum atomic E-state index is 12.8. The molecule has 2 aromatic rings. The third-order valence-corrected chi connectivity index (χ3v) is 4.20. The second-order valence-electron chi connectivity index (χ2n) is 4.05. The molecule has 5 nitrogen and oxygen atoms in total. The van der Waals surface area contributed by atoms with Crippen molar-refractivity contribution in [2.45, 2.75) is 4.90 Å². The van der Waals surface area contributed by atoms with Gasteiger partial charge >= 0.3 is 5.97 Å². The van der Waals surface area contributed by atoms with Crippen LogP contribution in [0.25, 0.3) is 0 Å². The molecule has 0 bridgehead atoms. The van der Waals surface area contributed by atoms with Gasteiger partial charge in [-0.25, -0.2) is 17.6 Å². The molecule has 2 aromatic carbocycles. The minimum absolute atomic E-state index is 0.167. The van der Waals surface area contributed by atoms with Gasteiger partial charge in [0.05, 0.1) is 16.1 Å². The van der Waals surface area contributed by atoms with E-state index in [2.05, 4.69) is 4.72 Å². The van der Waals surface area contributed by atoms with Crippen LogP contribution in [0.5, 0.6) is 0 Å². The zero-order chi connectivity index (χ0) is 15.6. The predicted octanol–water partition coefficient (Wildman–Crippen LogP) is 2.98. The Morgan fingerprint density at radius 1 is 1.14 bits per heavy atom. The van der Waals surface area contributed by atoms with Gasteiger partial charge < -0.3 is 5.11 Å². The molecular formula is C13H9ClFNO4S. The topological polar surface area (TPSA) is 83.5 Å². The van der Waals surface area contributed by atoms with E-state index in [0.29, 0.717) is 0 Å². The molecule has 0 saturated heterocycles. The number of anilines is 1. The summed E-state index contributed by atoms with van der Waals surface area (Å²) >= 11 is 5.74. The second-order valence-corrected chi connectivity index (χ2v) is 6.17. The van der Waals surface area contributed by atoms with Crippen LogP contribution in [0.4, 0.5) is 10.1 Å². The van der Waals surface area contributed by atoms with Crippen molar-refractivity contribution in [2.24, 2.45) is 0 Å². The summed E-state index contributed by atoms with van der Waals surface area (Å²) < 4.78 is 39.2. The van der Waals surface area contributed by atoms with Crippen molar-refractivity contribution in [1.82, 2.24) is 0 Å². The Balaban J connectivity index is 2.43. The third kappa shape index (κ3) is 3.50. The number of carboxylic acid groups (broad SMARTS) is 1. The molecule has 0 amide bonds. The number of hydrogen-bond acceptors (Lipinski definition) is 3. The SMILES string of the molecule is O=C(O)c1ccc(Cl)cc1NS(=O)(=O)c1ccc(F)cc1. The fourth-order valence-electron chi connectivity index (χ4n) is 1.60. The lowest BCUT2D eigenvalue weighted by Gasteiger charge is -2.11. The summed E-state index contributed by atoms with van der Waals surface area (Å²) in [5.41, 5.74) is -0.413. The quantitative estimate of drug-likeness (QED) is 0.903. The molecule has 0 saturated carbocycles. The van der Waals surface area contributed by atoms with Crippen molar-refractivity contribution in [3.8, 4) is 0 Å². The van der Waals surface area contributed by atoms with Gasteiger partial charge in [0.15, 0.2) is 0 Å². The summed E-state index contributed by atoms with van der Waals surface area (Å²) in [6.07, 6.45) is 0. The number of hydrogen-bond donors (Lipinski definition) is 2. The summed E-state index contributed by atoms with van der Waals surface area (Å²) in [7, 11) is -4.04. The van der Waals surface area contributed by atoms with Gasteiger partial charge in [0.1, 0.15) is 5.82 Å². The first-order chi connectivity index (χ1) is 9.79. The fourth-order valence-corrected chi connectivity index (χ4v) is 2.85. The van der Waals surface area contributed by atoms with E-state index in [1.165, 1.54) is 18.2 Å². The van der Waals surface area contributed by atoms with E-state index < -0.39 is 21.8 Å². The van der Waals surface area contributed by atoms with Crippen molar-refractivity contribution in [3.05, 3.63) is 58.9 Å². The Kier molecular flexibility index (Phi) is 4.15. The van der Waals surface area contributed by atoms with E-state index in [0.717, 1.165) is 24.3 Å². The number of aromatic carboxylic acids is 1. The molecule has 21 heavy (non-hydrogen) atoms. The molecule has 2 N–H and O–H groups in total. The molecule has 8 heteroatoms. The highest BCUT2D eigenvalue weighted by molar-refractivity contribution is 7.92. The third-order valence-electron chi connectivity index (χ3n) is 2.58. The normalized spacial score (nSPS) is 11.1. The highest BCUT2D eigenvalue weighted by Gasteiger charge is 2.18. The Morgan fingerprint density at radius 3 is 2.33 bits per heavy atom. The maximum absolute atomic E-state index is 12.8. The number of benzene rings is 2. The highest BCUT2D eigenvalue weighted by Crippen LogP contribution is 2.24. The van der Waals surface area contributed by atoms with E-state index in [-0.39, 0.29) is 21.2 Å². The molecule has 0 fully saturated rings. The van der Waals surface area contributed by atoms with Gasteiger partial charge in [-0.15, -0.1) is 0 Å². The van der Waals surface area contributed by atoms with E-state index in [4.69, 9.17) is 16.7 Å². The summed E-state index contributed by atoms with van der Waals surface area (Å²) in [6.45, 7) is 0. The Labute approximate surface area is 125 Å². The molecule has 0 unspecified atom stereocenters. The van der Waals surface area contributed by atoms with Crippen molar-refractivity contribution in [2.75, 3.05) is 4.72 Å². The second kappa shape index (κ2) is 5.71. The van der Waals surface area contributed by atoms with Gasteiger partial charge in [-0.2, -0.15) is 0 Å². The van der Waals surface area contributed by atoms with Gasteiger partial charge in [-0.3, -0.25) is 4.72 Å². The van der Waals surface area contributed by atoms with Gasteiger partial charge in [0, 0.05) is 5.02 Å². The first-order valence-corrected chi connectivity index (χ1v) is 7.47. The lowest BCUT2D eigenvalue weighted by atomic mass is 10.2. The average molecular weight is 330 g/mol. The zero-order valence-corrected chi connectivity index (χ0v) is 12.0. The van der Waals surface area contributed by atoms with Crippen LogP contribution in [0.2, 0.25) is 5.02 Å². The lowest BCUT2D eigenvalue weighted by molar-refractivity contribution is 0.0698. The van der Waals surface area contributed by atoms with Crippen molar-refractivity contribution in [3.63, 3.8) is 0 Å². The molecule has 0 aliphatic carbocycles. The summed E-state index contributed by atoms with van der Waals surface area (Å²) in [5, 5.41) is 9.21. The van der Waals surface area contributed by atoms with Crippen LogP contribution in [0.3, 0.4) is 0 Å². The van der Waals surface area contributed by atoms with Gasteiger partial charge in [0.2, 0.25) is 0 Å². The van der Waals surface area contributed by atoms with Crippen molar-refractivity contribution >= 4 is 33.3 Å². The largest absolute Gasteiger partial charge is 0.478 e. The maximum Gasteiger partial charge on any atom is 0.337 e. The van der Waals surface area contributed by atoms with E-state index in [1.807, 2.05) is 0 Å². The van der Waals surface area contributed by atoms with Gasteiger partial charge in [0.25, 0.3) is 10.0 Å². The first-order valence-electron chi connectivity index (χ1n) is 5.61. The number of sulfonamides is 1. The minimum Gasteiger partial charge on any atom is -0.478 e. The van der Waals surface area contributed by atoms with E-state index in [1.54, 1.807) is 0 Å². The molecule has 0 spiro atoms. The molecular weight excluding hydrogens is 321 g/mol. The van der Waals surface area contributed by atoms with Crippen molar-refractivity contribution < 1.29 is 22.7 Å². The smallest absolute Gasteiger partial charge is 0.337 e. The Bertz CT molecular complexity index is 790. The first kappa shape index (κ1) is 15.3. The Morgan fingerprint density at radius 2 is 1.76 bits per heavy atom. The summed E-state index contributed by atoms with van der Waals surface area (Å²) in [4.78, 5) is 10.9. The number of carbonyl (C=O) groups is 1. The van der Waals surface area contributed by atoms with Crippen LogP contribution in [-0.4, -0.2) is 19.5 Å². The van der Waals surface area contributed by atoms with Crippen LogP contribution in [0, 0.1) is 5.82 Å². The zero-order valence-electron chi connectivity index (χ0n) is 10.4. The van der Waals surface area contributed by atoms with Crippen LogP contribution in [-0.2, 0) is 10.0 Å². The fraction of sp³-hybridized carbons (Fsp3) is 0. The molecule has 0 heterocycles. The average Bonchev–Trinajstić information content (AvgIpc) is 2.38. The summed E-state index contributed by atoms with van der Waals surface area (Å²) in [5.74, 6) is -1.88. The van der Waals surface area contributed by atoms with Crippen LogP contribution < -0.4 is 4.72 Å². The number of carboxylic acids is 1. The monoisotopic (exact) mass is 329 g/mol. The molecule has 110 valence electrons. The molecule has 2 rings (SSSR count). The minimum atomic E-state index is -4.04. The summed E-state index contributed by atoms with van der Waals surface area (Å²) in [6, 6.07) is 7.83. The molecule has 0 aliphatic rings. The Hall–Kier alpha value is -2.12. The van der Waals surface area contributed by atoms with Gasteiger partial charge in [-0.05, 0) is 42.5 Å². The molecule has 0 aliphatic heterocycles. The number of rotatable bonds is 4. The van der Waals surface area contributed by atoms with Crippen LogP contribution in [0.15, 0.2) is 47.4 Å². The van der Waals surface area contributed by atoms with E-state index >= 15 is 0 Å². The molecule has 0 aromatic heterocycles.